The van der Waals surface area contributed by atoms with Crippen LogP contribution in [0, 0.1) is 5.82 Å². The minimum absolute atomic E-state index is 0.261. The number of aromatic amines is 1. The highest BCUT2D eigenvalue weighted by molar-refractivity contribution is 8.00. The van der Waals surface area contributed by atoms with Crippen LogP contribution in [0.15, 0.2) is 59.8 Å². The van der Waals surface area contributed by atoms with Gasteiger partial charge in [0.05, 0.1) is 5.56 Å². The molecule has 0 aliphatic carbocycles. The van der Waals surface area contributed by atoms with E-state index in [2.05, 4.69) is 25.8 Å². The summed E-state index contributed by atoms with van der Waals surface area (Å²) in [4.78, 5) is 28.7. The third-order valence-corrected chi connectivity index (χ3v) is 4.85. The van der Waals surface area contributed by atoms with E-state index in [4.69, 9.17) is 0 Å². The first kappa shape index (κ1) is 19.6. The van der Waals surface area contributed by atoms with Gasteiger partial charge in [-0.25, -0.2) is 14.2 Å². The second-order valence-corrected chi connectivity index (χ2v) is 6.78. The van der Waals surface area contributed by atoms with Crippen LogP contribution in [0.1, 0.15) is 17.7 Å². The van der Waals surface area contributed by atoms with Gasteiger partial charge in [-0.1, -0.05) is 54.2 Å². The van der Waals surface area contributed by atoms with Crippen molar-refractivity contribution < 1.29 is 14.0 Å². The fourth-order valence-electron chi connectivity index (χ4n) is 2.46. The molecule has 144 valence electrons. The zero-order valence-corrected chi connectivity index (χ0v) is 15.8. The predicted molar refractivity (Wildman–Crippen MR) is 104 cm³/mol. The topological polar surface area (TPSA) is 99.8 Å². The number of urea groups is 1. The van der Waals surface area contributed by atoms with Crippen LogP contribution in [0.4, 0.5) is 9.18 Å². The number of hydrogen-bond donors (Lipinski definition) is 3. The van der Waals surface area contributed by atoms with Gasteiger partial charge in [0.2, 0.25) is 11.1 Å². The third-order valence-electron chi connectivity index (χ3n) is 3.73. The minimum Gasteiger partial charge on any atom is -0.338 e. The van der Waals surface area contributed by atoms with Crippen LogP contribution in [-0.4, -0.2) is 33.7 Å². The van der Waals surface area contributed by atoms with Gasteiger partial charge in [-0.05, 0) is 24.6 Å². The first-order valence-corrected chi connectivity index (χ1v) is 9.44. The van der Waals surface area contributed by atoms with E-state index in [1.165, 1.54) is 6.07 Å². The van der Waals surface area contributed by atoms with Crippen LogP contribution in [-0.2, 0) is 4.79 Å². The smallest absolute Gasteiger partial charge is 0.321 e. The van der Waals surface area contributed by atoms with Crippen LogP contribution in [0.25, 0.3) is 11.4 Å². The van der Waals surface area contributed by atoms with Crippen LogP contribution in [0.5, 0.6) is 0 Å². The zero-order chi connectivity index (χ0) is 19.9. The Kier molecular flexibility index (Phi) is 6.38. The van der Waals surface area contributed by atoms with Crippen molar-refractivity contribution in [2.75, 3.05) is 6.54 Å². The molecule has 0 unspecified atom stereocenters. The molecule has 3 N–H and O–H groups in total. The number of H-pyrrole nitrogens is 1. The van der Waals surface area contributed by atoms with Crippen molar-refractivity contribution in [2.24, 2.45) is 0 Å². The van der Waals surface area contributed by atoms with Crippen LogP contribution < -0.4 is 10.6 Å². The molecule has 0 aliphatic heterocycles. The molecule has 3 amide bonds. The number of rotatable bonds is 6. The molecule has 0 fully saturated rings. The maximum Gasteiger partial charge on any atom is 0.321 e. The highest BCUT2D eigenvalue weighted by Gasteiger charge is 2.25. The van der Waals surface area contributed by atoms with E-state index < -0.39 is 23.0 Å². The Morgan fingerprint density at radius 2 is 1.86 bits per heavy atom. The Morgan fingerprint density at radius 1 is 1.14 bits per heavy atom. The van der Waals surface area contributed by atoms with E-state index in [-0.39, 0.29) is 16.5 Å². The van der Waals surface area contributed by atoms with Crippen molar-refractivity contribution in [1.82, 2.24) is 25.8 Å². The number of aromatic nitrogens is 3. The summed E-state index contributed by atoms with van der Waals surface area (Å²) in [7, 11) is 0. The predicted octanol–water partition coefficient (Wildman–Crippen LogP) is 3.29. The van der Waals surface area contributed by atoms with E-state index in [0.717, 1.165) is 11.8 Å². The monoisotopic (exact) mass is 399 g/mol. The molecule has 0 radical (unpaired) electrons. The Bertz CT molecular complexity index is 964. The molecule has 0 bridgehead atoms. The summed E-state index contributed by atoms with van der Waals surface area (Å²) < 4.78 is 14.0. The summed E-state index contributed by atoms with van der Waals surface area (Å²) in [6, 6.07) is 14.6. The molecule has 1 aromatic heterocycles. The number of imide groups is 1. The number of nitrogens with one attached hydrogen (secondary N) is 3. The largest absolute Gasteiger partial charge is 0.338 e. The second-order valence-electron chi connectivity index (χ2n) is 5.70. The molecule has 2 aromatic carbocycles. The Labute approximate surface area is 165 Å². The molecule has 0 aliphatic rings. The average molecular weight is 399 g/mol. The van der Waals surface area contributed by atoms with Crippen molar-refractivity contribution >= 4 is 23.7 Å². The van der Waals surface area contributed by atoms with Gasteiger partial charge in [-0.15, -0.1) is 5.10 Å². The lowest BCUT2D eigenvalue weighted by Gasteiger charge is -2.14. The lowest BCUT2D eigenvalue weighted by atomic mass is 10.1. The number of halogens is 1. The maximum absolute atomic E-state index is 14.0. The van der Waals surface area contributed by atoms with Gasteiger partial charge in [-0.3, -0.25) is 15.2 Å². The highest BCUT2D eigenvalue weighted by atomic mass is 32.2. The normalized spacial score (nSPS) is 11.6. The molecule has 1 heterocycles. The quantitative estimate of drug-likeness (QED) is 0.553. The molecule has 1 atom stereocenters. The van der Waals surface area contributed by atoms with Crippen molar-refractivity contribution in [3.8, 4) is 11.4 Å². The molecular weight excluding hydrogens is 381 g/mol. The molecule has 9 heteroatoms. The van der Waals surface area contributed by atoms with Crippen molar-refractivity contribution in [1.29, 1.82) is 0 Å². The van der Waals surface area contributed by atoms with Crippen molar-refractivity contribution in [3.63, 3.8) is 0 Å². The second kappa shape index (κ2) is 9.14. The minimum atomic E-state index is -0.756. The summed E-state index contributed by atoms with van der Waals surface area (Å²) >= 11 is 1.06. The van der Waals surface area contributed by atoms with E-state index in [0.29, 0.717) is 12.1 Å². The molecule has 0 saturated carbocycles. The molecule has 28 heavy (non-hydrogen) atoms. The average Bonchev–Trinajstić information content (AvgIpc) is 3.15. The molecule has 3 aromatic rings. The number of nitrogens with zero attached hydrogens (tertiary/aromatic N) is 2. The summed E-state index contributed by atoms with van der Waals surface area (Å²) in [5.41, 5.74) is 0.969. The highest BCUT2D eigenvalue weighted by Crippen LogP contribution is 2.34. The fraction of sp³-hybridized carbons (Fsp3) is 0.158. The van der Waals surface area contributed by atoms with Gasteiger partial charge < -0.3 is 5.32 Å². The summed E-state index contributed by atoms with van der Waals surface area (Å²) in [6.45, 7) is 2.15. The number of amides is 3. The van der Waals surface area contributed by atoms with Crippen LogP contribution >= 0.6 is 11.8 Å². The summed E-state index contributed by atoms with van der Waals surface area (Å²) in [5, 5.41) is 11.1. The van der Waals surface area contributed by atoms with Crippen LogP contribution in [0.2, 0.25) is 0 Å². The summed E-state index contributed by atoms with van der Waals surface area (Å²) in [5.74, 6) is -0.667. The first-order chi connectivity index (χ1) is 13.6. The van der Waals surface area contributed by atoms with E-state index >= 15 is 0 Å². The molecule has 0 spiro atoms. The Hall–Kier alpha value is -3.20. The summed E-state index contributed by atoms with van der Waals surface area (Å²) in [6.07, 6.45) is 0. The van der Waals surface area contributed by atoms with Crippen molar-refractivity contribution in [2.45, 2.75) is 17.3 Å². The molecule has 3 rings (SSSR count). The van der Waals surface area contributed by atoms with Gasteiger partial charge in [0.15, 0.2) is 5.82 Å². The van der Waals surface area contributed by atoms with Gasteiger partial charge in [0, 0.05) is 6.54 Å². The molecular formula is C19H18FN5O2S. The van der Waals surface area contributed by atoms with Gasteiger partial charge >= 0.3 is 6.03 Å². The Morgan fingerprint density at radius 3 is 2.57 bits per heavy atom. The first-order valence-electron chi connectivity index (χ1n) is 8.56. The van der Waals surface area contributed by atoms with Crippen molar-refractivity contribution in [3.05, 3.63) is 66.0 Å². The third kappa shape index (κ3) is 4.74. The van der Waals surface area contributed by atoms with E-state index in [1.807, 2.05) is 6.07 Å². The van der Waals surface area contributed by atoms with Gasteiger partial charge in [0.1, 0.15) is 11.1 Å². The molecule has 0 saturated heterocycles. The number of carbonyl (C=O) groups is 2. The van der Waals surface area contributed by atoms with E-state index in [1.54, 1.807) is 49.4 Å². The fourth-order valence-corrected chi connectivity index (χ4v) is 3.37. The SMILES string of the molecule is CCNC(=O)NC(=O)[C@H](Sc1n[nH]c(-c2ccccc2F)n1)c1ccccc1. The number of hydrogen-bond acceptors (Lipinski definition) is 5. The standard InChI is InChI=1S/C19H18FN5O2S/c1-2-21-18(27)23-17(26)15(12-8-4-3-5-9-12)28-19-22-16(24-25-19)13-10-6-7-11-14(13)20/h3-11,15H,2H2,1H3,(H,22,24,25)(H2,21,23,26,27)/t15-/m1/s1. The number of thioether (sulfide) groups is 1. The maximum atomic E-state index is 14.0. The lowest BCUT2D eigenvalue weighted by molar-refractivity contribution is -0.119. The van der Waals surface area contributed by atoms with Gasteiger partial charge in [0.25, 0.3) is 0 Å². The Balaban J connectivity index is 1.83. The number of benzene rings is 2. The van der Waals surface area contributed by atoms with Crippen LogP contribution in [0.3, 0.4) is 0 Å². The zero-order valence-electron chi connectivity index (χ0n) is 15.0. The molecule has 7 nitrogen and oxygen atoms in total. The lowest BCUT2D eigenvalue weighted by Crippen LogP contribution is -2.41. The number of carbonyl (C=O) groups excluding carboxylic acids is 2. The van der Waals surface area contributed by atoms with Gasteiger partial charge in [-0.2, -0.15) is 0 Å². The van der Waals surface area contributed by atoms with E-state index in [9.17, 15) is 14.0 Å².